The Balaban J connectivity index is 1.52. The molecule has 6 nitrogen and oxygen atoms in total. The molecule has 0 spiro atoms. The highest BCUT2D eigenvalue weighted by Crippen LogP contribution is 2.28. The van der Waals surface area contributed by atoms with Gasteiger partial charge in [-0.1, -0.05) is 6.92 Å². The van der Waals surface area contributed by atoms with Crippen LogP contribution in [-0.4, -0.2) is 52.2 Å². The molecule has 0 radical (unpaired) electrons. The lowest BCUT2D eigenvalue weighted by molar-refractivity contribution is -0.0571. The Morgan fingerprint density at radius 1 is 1.08 bits per heavy atom. The lowest BCUT2D eigenvalue weighted by Crippen LogP contribution is -2.42. The van der Waals surface area contributed by atoms with Crippen LogP contribution in [0.3, 0.4) is 0 Å². The van der Waals surface area contributed by atoms with E-state index >= 15 is 0 Å². The zero-order chi connectivity index (χ0) is 18.7. The SMILES string of the molecule is Cc1nc(C(=O)N2CCC(OC3CCC(C)CC3)CC2)ccc1C(=O)O. The van der Waals surface area contributed by atoms with Crippen LogP contribution in [0.1, 0.15) is 72.0 Å². The Morgan fingerprint density at radius 3 is 2.27 bits per heavy atom. The molecule has 2 fully saturated rings. The number of ether oxygens (including phenoxy) is 1. The van der Waals surface area contributed by atoms with E-state index in [2.05, 4.69) is 11.9 Å². The summed E-state index contributed by atoms with van der Waals surface area (Å²) in [6, 6.07) is 2.96. The van der Waals surface area contributed by atoms with E-state index in [0.29, 0.717) is 30.6 Å². The molecule has 3 rings (SSSR count). The van der Waals surface area contributed by atoms with Gasteiger partial charge in [-0.05, 0) is 63.5 Å². The number of piperidine rings is 1. The molecule has 142 valence electrons. The maximum atomic E-state index is 12.6. The van der Waals surface area contributed by atoms with E-state index in [9.17, 15) is 9.59 Å². The van der Waals surface area contributed by atoms with Gasteiger partial charge >= 0.3 is 5.97 Å². The largest absolute Gasteiger partial charge is 0.478 e. The van der Waals surface area contributed by atoms with Crippen LogP contribution in [0.4, 0.5) is 0 Å². The molecule has 1 saturated carbocycles. The lowest BCUT2D eigenvalue weighted by Gasteiger charge is -2.35. The second-order valence-corrected chi connectivity index (χ2v) is 7.64. The zero-order valence-corrected chi connectivity index (χ0v) is 15.6. The summed E-state index contributed by atoms with van der Waals surface area (Å²) in [5.41, 5.74) is 0.816. The first-order valence-corrected chi connectivity index (χ1v) is 9.59. The zero-order valence-electron chi connectivity index (χ0n) is 15.6. The van der Waals surface area contributed by atoms with E-state index in [-0.39, 0.29) is 17.6 Å². The van der Waals surface area contributed by atoms with Gasteiger partial charge in [-0.25, -0.2) is 9.78 Å². The number of nitrogens with zero attached hydrogens (tertiary/aromatic N) is 2. The van der Waals surface area contributed by atoms with Crippen molar-refractivity contribution in [1.29, 1.82) is 0 Å². The first-order chi connectivity index (χ1) is 12.4. The minimum absolute atomic E-state index is 0.130. The summed E-state index contributed by atoms with van der Waals surface area (Å²) in [5.74, 6) is -0.336. The standard InChI is InChI=1S/C20H28N2O4/c1-13-3-5-15(6-4-13)26-16-9-11-22(12-10-16)19(23)18-8-7-17(20(24)25)14(2)21-18/h7-8,13,15-16H,3-6,9-12H2,1-2H3,(H,24,25). The topological polar surface area (TPSA) is 79.7 Å². The molecule has 26 heavy (non-hydrogen) atoms. The molecule has 0 aromatic carbocycles. The Kier molecular flexibility index (Phi) is 5.91. The third-order valence-corrected chi connectivity index (χ3v) is 5.61. The Bertz CT molecular complexity index is 660. The fraction of sp³-hybridized carbons (Fsp3) is 0.650. The van der Waals surface area contributed by atoms with E-state index in [1.54, 1.807) is 11.8 Å². The van der Waals surface area contributed by atoms with Crippen molar-refractivity contribution in [2.45, 2.75) is 64.6 Å². The number of pyridine rings is 1. The van der Waals surface area contributed by atoms with Crippen molar-refractivity contribution >= 4 is 11.9 Å². The molecule has 2 aliphatic rings. The van der Waals surface area contributed by atoms with E-state index in [1.165, 1.54) is 25.0 Å². The van der Waals surface area contributed by atoms with Crippen molar-refractivity contribution in [3.8, 4) is 0 Å². The number of carboxylic acids is 1. The summed E-state index contributed by atoms with van der Waals surface area (Å²) in [6.45, 7) is 5.24. The van der Waals surface area contributed by atoms with Gasteiger partial charge in [-0.3, -0.25) is 4.79 Å². The van der Waals surface area contributed by atoms with Crippen LogP contribution in [-0.2, 0) is 4.74 Å². The minimum atomic E-state index is -1.02. The first kappa shape index (κ1) is 18.8. The number of carbonyl (C=O) groups is 2. The fourth-order valence-electron chi connectivity index (χ4n) is 3.90. The van der Waals surface area contributed by atoms with Gasteiger partial charge in [-0.2, -0.15) is 0 Å². The molecule has 1 amide bonds. The number of aryl methyl sites for hydroxylation is 1. The average molecular weight is 360 g/mol. The minimum Gasteiger partial charge on any atom is -0.478 e. The highest BCUT2D eigenvalue weighted by atomic mass is 16.5. The van der Waals surface area contributed by atoms with Crippen LogP contribution >= 0.6 is 0 Å². The maximum absolute atomic E-state index is 12.6. The second kappa shape index (κ2) is 8.16. The number of rotatable bonds is 4. The van der Waals surface area contributed by atoms with Crippen LogP contribution < -0.4 is 0 Å². The Labute approximate surface area is 154 Å². The van der Waals surface area contributed by atoms with Gasteiger partial charge in [0.25, 0.3) is 5.91 Å². The molecule has 0 unspecified atom stereocenters. The van der Waals surface area contributed by atoms with E-state index in [4.69, 9.17) is 9.84 Å². The summed E-state index contributed by atoms with van der Waals surface area (Å²) >= 11 is 0. The average Bonchev–Trinajstić information content (AvgIpc) is 2.63. The molecule has 1 saturated heterocycles. The molecule has 2 heterocycles. The number of aromatic nitrogens is 1. The summed E-state index contributed by atoms with van der Waals surface area (Å²) in [6.07, 6.45) is 7.12. The van der Waals surface area contributed by atoms with Gasteiger partial charge in [0.15, 0.2) is 0 Å². The van der Waals surface area contributed by atoms with Crippen LogP contribution in [0.15, 0.2) is 12.1 Å². The first-order valence-electron chi connectivity index (χ1n) is 9.59. The van der Waals surface area contributed by atoms with Gasteiger partial charge in [-0.15, -0.1) is 0 Å². The van der Waals surface area contributed by atoms with Gasteiger partial charge in [0.2, 0.25) is 0 Å². The maximum Gasteiger partial charge on any atom is 0.337 e. The number of aromatic carboxylic acids is 1. The second-order valence-electron chi connectivity index (χ2n) is 7.64. The predicted molar refractivity (Wildman–Crippen MR) is 97.4 cm³/mol. The Hall–Kier alpha value is -1.95. The highest BCUT2D eigenvalue weighted by Gasteiger charge is 2.28. The fourth-order valence-corrected chi connectivity index (χ4v) is 3.90. The molecule has 1 aromatic heterocycles. The normalized spacial score (nSPS) is 24.5. The summed E-state index contributed by atoms with van der Waals surface area (Å²) in [5, 5.41) is 9.07. The summed E-state index contributed by atoms with van der Waals surface area (Å²) in [4.78, 5) is 29.7. The number of likely N-dealkylation sites (tertiary alicyclic amines) is 1. The molecule has 6 heteroatoms. The van der Waals surface area contributed by atoms with Crippen LogP contribution in [0.5, 0.6) is 0 Å². The van der Waals surface area contributed by atoms with Crippen molar-refractivity contribution in [3.63, 3.8) is 0 Å². The highest BCUT2D eigenvalue weighted by molar-refractivity contribution is 5.94. The van der Waals surface area contributed by atoms with Crippen LogP contribution in [0.2, 0.25) is 0 Å². The van der Waals surface area contributed by atoms with E-state index in [0.717, 1.165) is 31.6 Å². The predicted octanol–water partition coefficient (Wildman–Crippen LogP) is 3.29. The van der Waals surface area contributed by atoms with E-state index < -0.39 is 5.97 Å². The van der Waals surface area contributed by atoms with E-state index in [1.807, 2.05) is 0 Å². The molecule has 1 aromatic rings. The molecule has 1 aliphatic carbocycles. The number of amides is 1. The third-order valence-electron chi connectivity index (χ3n) is 5.61. The lowest BCUT2D eigenvalue weighted by atomic mass is 9.88. The smallest absolute Gasteiger partial charge is 0.337 e. The molecular formula is C20H28N2O4. The number of carboxylic acid groups (broad SMARTS) is 1. The quantitative estimate of drug-likeness (QED) is 0.891. The van der Waals surface area contributed by atoms with Gasteiger partial charge in [0, 0.05) is 13.1 Å². The summed E-state index contributed by atoms with van der Waals surface area (Å²) < 4.78 is 6.26. The van der Waals surface area contributed by atoms with Crippen molar-refractivity contribution in [2.75, 3.05) is 13.1 Å². The summed E-state index contributed by atoms with van der Waals surface area (Å²) in [7, 11) is 0. The molecular weight excluding hydrogens is 332 g/mol. The number of hydrogen-bond donors (Lipinski definition) is 1. The molecule has 1 N–H and O–H groups in total. The van der Waals surface area contributed by atoms with Gasteiger partial charge in [0.05, 0.1) is 23.5 Å². The van der Waals surface area contributed by atoms with Crippen LogP contribution in [0, 0.1) is 12.8 Å². The third kappa shape index (κ3) is 4.41. The monoisotopic (exact) mass is 360 g/mol. The van der Waals surface area contributed by atoms with Gasteiger partial charge in [0.1, 0.15) is 5.69 Å². The van der Waals surface area contributed by atoms with Crippen molar-refractivity contribution < 1.29 is 19.4 Å². The van der Waals surface area contributed by atoms with Crippen molar-refractivity contribution in [3.05, 3.63) is 29.1 Å². The Morgan fingerprint density at radius 2 is 1.69 bits per heavy atom. The molecule has 1 aliphatic heterocycles. The molecule has 0 atom stereocenters. The van der Waals surface area contributed by atoms with Crippen molar-refractivity contribution in [2.24, 2.45) is 5.92 Å². The number of carbonyl (C=O) groups excluding carboxylic acids is 1. The molecule has 0 bridgehead atoms. The van der Waals surface area contributed by atoms with Crippen molar-refractivity contribution in [1.82, 2.24) is 9.88 Å². The number of hydrogen-bond acceptors (Lipinski definition) is 4. The van der Waals surface area contributed by atoms with Gasteiger partial charge < -0.3 is 14.7 Å². The van der Waals surface area contributed by atoms with Crippen LogP contribution in [0.25, 0.3) is 0 Å².